The number of hydrogen-bond acceptors (Lipinski definition) is 2. The van der Waals surface area contributed by atoms with E-state index in [4.69, 9.17) is 4.74 Å². The zero-order valence-electron chi connectivity index (χ0n) is 13.8. The summed E-state index contributed by atoms with van der Waals surface area (Å²) < 4.78 is 18.7. The molecule has 0 spiro atoms. The fraction of sp³-hybridized carbons (Fsp3) is 0.667. The number of methoxy groups -OCH3 is 1. The highest BCUT2D eigenvalue weighted by atomic mass is 19.1. The Labute approximate surface area is 129 Å². The molecule has 0 aliphatic rings. The predicted octanol–water partition coefficient (Wildman–Crippen LogP) is 4.72. The van der Waals surface area contributed by atoms with Gasteiger partial charge in [-0.2, -0.15) is 0 Å². The smallest absolute Gasteiger partial charge is 0.165 e. The van der Waals surface area contributed by atoms with E-state index in [1.807, 2.05) is 6.07 Å². The zero-order chi connectivity index (χ0) is 15.5. The maximum atomic E-state index is 13.7. The molecule has 2 nitrogen and oxygen atoms in total. The third-order valence-electron chi connectivity index (χ3n) is 3.85. The van der Waals surface area contributed by atoms with E-state index in [2.05, 4.69) is 19.2 Å². The van der Waals surface area contributed by atoms with Crippen molar-refractivity contribution in [2.24, 2.45) is 0 Å². The van der Waals surface area contributed by atoms with Gasteiger partial charge < -0.3 is 10.1 Å². The van der Waals surface area contributed by atoms with Crippen LogP contribution in [0.4, 0.5) is 4.39 Å². The lowest BCUT2D eigenvalue weighted by molar-refractivity contribution is 0.385. The molecule has 0 saturated carbocycles. The minimum atomic E-state index is -0.270. The van der Waals surface area contributed by atoms with E-state index >= 15 is 0 Å². The summed E-state index contributed by atoms with van der Waals surface area (Å²) in [4.78, 5) is 0. The first-order valence-electron chi connectivity index (χ1n) is 8.27. The first kappa shape index (κ1) is 18.0. The van der Waals surface area contributed by atoms with E-state index in [0.29, 0.717) is 11.8 Å². The molecule has 1 N–H and O–H groups in total. The predicted molar refractivity (Wildman–Crippen MR) is 87.5 cm³/mol. The molecule has 1 atom stereocenters. The van der Waals surface area contributed by atoms with E-state index < -0.39 is 0 Å². The summed E-state index contributed by atoms with van der Waals surface area (Å²) in [6.07, 6.45) is 8.51. The van der Waals surface area contributed by atoms with Crippen molar-refractivity contribution in [1.82, 2.24) is 5.32 Å². The van der Waals surface area contributed by atoms with E-state index in [0.717, 1.165) is 24.9 Å². The Morgan fingerprint density at radius 3 is 2.52 bits per heavy atom. The number of likely N-dealkylation sites (N-methyl/N-ethyl adjacent to an activating group) is 1. The van der Waals surface area contributed by atoms with E-state index in [-0.39, 0.29) is 5.82 Å². The van der Waals surface area contributed by atoms with Crippen LogP contribution in [0.3, 0.4) is 0 Å². The molecule has 0 heterocycles. The Morgan fingerprint density at radius 1 is 1.14 bits per heavy atom. The Balaban J connectivity index is 2.47. The van der Waals surface area contributed by atoms with Crippen LogP contribution in [0.25, 0.3) is 0 Å². The highest BCUT2D eigenvalue weighted by molar-refractivity contribution is 5.29. The third kappa shape index (κ3) is 6.94. The fourth-order valence-electron chi connectivity index (χ4n) is 2.68. The summed E-state index contributed by atoms with van der Waals surface area (Å²) in [5.41, 5.74) is 1.04. The van der Waals surface area contributed by atoms with Gasteiger partial charge in [-0.15, -0.1) is 0 Å². The molecular formula is C18H30FNO. The molecule has 1 aromatic carbocycles. The van der Waals surface area contributed by atoms with Crippen LogP contribution >= 0.6 is 0 Å². The average molecular weight is 295 g/mol. The van der Waals surface area contributed by atoms with Gasteiger partial charge in [0.1, 0.15) is 0 Å². The molecule has 0 saturated heterocycles. The van der Waals surface area contributed by atoms with Gasteiger partial charge in [0.25, 0.3) is 0 Å². The van der Waals surface area contributed by atoms with Crippen molar-refractivity contribution < 1.29 is 9.13 Å². The summed E-state index contributed by atoms with van der Waals surface area (Å²) >= 11 is 0. The summed E-state index contributed by atoms with van der Waals surface area (Å²) in [5.74, 6) is 0.0477. The normalized spacial score (nSPS) is 12.4. The van der Waals surface area contributed by atoms with Crippen molar-refractivity contribution in [3.63, 3.8) is 0 Å². The summed E-state index contributed by atoms with van der Waals surface area (Å²) in [6, 6.07) is 5.71. The Kier molecular flexibility index (Phi) is 9.07. The first-order chi connectivity index (χ1) is 10.2. The van der Waals surface area contributed by atoms with Crippen LogP contribution in [0.15, 0.2) is 18.2 Å². The second-order valence-corrected chi connectivity index (χ2v) is 5.63. The molecule has 0 aromatic heterocycles. The molecule has 0 bridgehead atoms. The molecule has 0 aliphatic carbocycles. The molecule has 1 unspecified atom stereocenters. The number of rotatable bonds is 11. The largest absolute Gasteiger partial charge is 0.494 e. The first-order valence-corrected chi connectivity index (χ1v) is 8.27. The number of unbranched alkanes of at least 4 members (excludes halogenated alkanes) is 4. The molecule has 0 fully saturated rings. The zero-order valence-corrected chi connectivity index (χ0v) is 13.8. The standard InChI is InChI=1S/C18H30FNO/c1-4-6-7-8-9-10-16(20-5-2)13-15-11-12-18(21-3)17(19)14-15/h11-12,14,16,20H,4-10,13H2,1-3H3. The highest BCUT2D eigenvalue weighted by Gasteiger charge is 2.10. The molecule has 3 heteroatoms. The number of halogens is 1. The number of nitrogens with one attached hydrogen (secondary N) is 1. The maximum Gasteiger partial charge on any atom is 0.165 e. The van der Waals surface area contributed by atoms with Gasteiger partial charge in [0, 0.05) is 6.04 Å². The fourth-order valence-corrected chi connectivity index (χ4v) is 2.68. The van der Waals surface area contributed by atoms with Crippen LogP contribution in [-0.4, -0.2) is 19.7 Å². The summed E-state index contributed by atoms with van der Waals surface area (Å²) in [7, 11) is 1.50. The monoisotopic (exact) mass is 295 g/mol. The van der Waals surface area contributed by atoms with Gasteiger partial charge in [-0.05, 0) is 37.1 Å². The summed E-state index contributed by atoms with van der Waals surface area (Å²) in [6.45, 7) is 5.32. The Bertz CT molecular complexity index is 395. The average Bonchev–Trinajstić information content (AvgIpc) is 2.47. The molecule has 1 aromatic rings. The van der Waals surface area contributed by atoms with Crippen molar-refractivity contribution in [3.05, 3.63) is 29.6 Å². The Hall–Kier alpha value is -1.09. The van der Waals surface area contributed by atoms with Gasteiger partial charge in [-0.3, -0.25) is 0 Å². The van der Waals surface area contributed by atoms with Crippen LogP contribution < -0.4 is 10.1 Å². The minimum Gasteiger partial charge on any atom is -0.494 e. The van der Waals surface area contributed by atoms with E-state index in [1.165, 1.54) is 39.2 Å². The number of hydrogen-bond donors (Lipinski definition) is 1. The summed E-state index contributed by atoms with van der Waals surface area (Å²) in [5, 5.41) is 3.52. The second kappa shape index (κ2) is 10.6. The van der Waals surface area contributed by atoms with Crippen LogP contribution in [0.2, 0.25) is 0 Å². The van der Waals surface area contributed by atoms with Crippen molar-refractivity contribution in [1.29, 1.82) is 0 Å². The number of benzene rings is 1. The van der Waals surface area contributed by atoms with Gasteiger partial charge in [0.15, 0.2) is 11.6 Å². The topological polar surface area (TPSA) is 21.3 Å². The number of ether oxygens (including phenoxy) is 1. The van der Waals surface area contributed by atoms with Crippen molar-refractivity contribution in [2.75, 3.05) is 13.7 Å². The van der Waals surface area contributed by atoms with Gasteiger partial charge in [0.05, 0.1) is 7.11 Å². The van der Waals surface area contributed by atoms with Crippen LogP contribution in [0, 0.1) is 5.82 Å². The van der Waals surface area contributed by atoms with E-state index in [1.54, 1.807) is 12.1 Å². The van der Waals surface area contributed by atoms with Crippen molar-refractivity contribution >= 4 is 0 Å². The molecule has 0 amide bonds. The highest BCUT2D eigenvalue weighted by Crippen LogP contribution is 2.19. The third-order valence-corrected chi connectivity index (χ3v) is 3.85. The van der Waals surface area contributed by atoms with Crippen LogP contribution in [0.5, 0.6) is 5.75 Å². The van der Waals surface area contributed by atoms with Gasteiger partial charge in [-0.1, -0.05) is 52.0 Å². The molecule has 120 valence electrons. The van der Waals surface area contributed by atoms with Gasteiger partial charge in [-0.25, -0.2) is 4.39 Å². The SMILES string of the molecule is CCCCCCCC(Cc1ccc(OC)c(F)c1)NCC. The maximum absolute atomic E-state index is 13.7. The molecule has 21 heavy (non-hydrogen) atoms. The second-order valence-electron chi connectivity index (χ2n) is 5.63. The van der Waals surface area contributed by atoms with Gasteiger partial charge >= 0.3 is 0 Å². The molecule has 1 rings (SSSR count). The lowest BCUT2D eigenvalue weighted by Crippen LogP contribution is -2.31. The quantitative estimate of drug-likeness (QED) is 0.597. The molecule has 0 radical (unpaired) electrons. The molecule has 0 aliphatic heterocycles. The van der Waals surface area contributed by atoms with Crippen molar-refractivity contribution in [3.8, 4) is 5.75 Å². The van der Waals surface area contributed by atoms with Crippen molar-refractivity contribution in [2.45, 2.75) is 64.8 Å². The van der Waals surface area contributed by atoms with Gasteiger partial charge in [0.2, 0.25) is 0 Å². The lowest BCUT2D eigenvalue weighted by atomic mass is 9.99. The minimum absolute atomic E-state index is 0.270. The molecular weight excluding hydrogens is 265 g/mol. The van der Waals surface area contributed by atoms with E-state index in [9.17, 15) is 4.39 Å². The van der Waals surface area contributed by atoms with Crippen LogP contribution in [0.1, 0.15) is 57.9 Å². The van der Waals surface area contributed by atoms with Crippen LogP contribution in [-0.2, 0) is 6.42 Å². The lowest BCUT2D eigenvalue weighted by Gasteiger charge is -2.18. The Morgan fingerprint density at radius 2 is 1.90 bits per heavy atom.